The second-order valence-electron chi connectivity index (χ2n) is 8.11. The molecule has 2 radical (unpaired) electrons. The third-order valence-electron chi connectivity index (χ3n) is 5.82. The Morgan fingerprint density at radius 1 is 1.00 bits per heavy atom. The first kappa shape index (κ1) is 24.5. The number of hydrogen-bond donors (Lipinski definition) is 1. The molecule has 1 N–H and O–H groups in total. The van der Waals surface area contributed by atoms with Gasteiger partial charge >= 0.3 is 5.97 Å². The Balaban J connectivity index is 1.99. The largest absolute Gasteiger partial charge is 0.478 e. The highest BCUT2D eigenvalue weighted by Gasteiger charge is 2.44. The van der Waals surface area contributed by atoms with Gasteiger partial charge in [0.2, 0.25) is 10.0 Å². The average molecular weight is 512 g/mol. The van der Waals surface area contributed by atoms with E-state index in [4.69, 9.17) is 31.0 Å². The van der Waals surface area contributed by atoms with Crippen LogP contribution in [-0.4, -0.2) is 31.6 Å². The normalized spacial score (nSPS) is 19.0. The maximum absolute atomic E-state index is 14.1. The number of nitrogens with zero attached hydrogens (tertiary/aromatic N) is 1. The molecule has 0 aliphatic carbocycles. The Bertz CT molecular complexity index is 1390. The second-order valence-corrected chi connectivity index (χ2v) is 10.8. The van der Waals surface area contributed by atoms with Gasteiger partial charge in [0.25, 0.3) is 0 Å². The third kappa shape index (κ3) is 4.66. The summed E-state index contributed by atoms with van der Waals surface area (Å²) >= 11 is 12.4. The Morgan fingerprint density at radius 3 is 2.32 bits per heavy atom. The van der Waals surface area contributed by atoms with E-state index in [2.05, 4.69) is 0 Å². The average Bonchev–Trinajstić information content (AvgIpc) is 2.80. The summed E-state index contributed by atoms with van der Waals surface area (Å²) < 4.78 is 29.4. The van der Waals surface area contributed by atoms with Crippen molar-refractivity contribution >= 4 is 52.5 Å². The van der Waals surface area contributed by atoms with E-state index in [0.29, 0.717) is 21.6 Å². The maximum atomic E-state index is 14.1. The number of hydrogen-bond acceptors (Lipinski definition) is 3. The molecular formula is C25H20BCl2NO4S. The molecule has 34 heavy (non-hydrogen) atoms. The van der Waals surface area contributed by atoms with Gasteiger partial charge in [-0.1, -0.05) is 82.8 Å². The van der Waals surface area contributed by atoms with Crippen LogP contribution < -0.4 is 5.46 Å². The zero-order chi connectivity index (χ0) is 24.6. The van der Waals surface area contributed by atoms with Gasteiger partial charge in [-0.3, -0.25) is 0 Å². The number of rotatable bonds is 5. The summed E-state index contributed by atoms with van der Waals surface area (Å²) in [5.74, 6) is -1.20. The molecule has 5 nitrogen and oxygen atoms in total. The fourth-order valence-corrected chi connectivity index (χ4v) is 6.26. The van der Waals surface area contributed by atoms with Crippen molar-refractivity contribution in [2.75, 3.05) is 0 Å². The predicted molar refractivity (Wildman–Crippen MR) is 134 cm³/mol. The first-order chi connectivity index (χ1) is 16.1. The minimum Gasteiger partial charge on any atom is -0.478 e. The van der Waals surface area contributed by atoms with Crippen LogP contribution >= 0.6 is 23.2 Å². The molecular weight excluding hydrogens is 492 g/mol. The molecule has 1 aliphatic heterocycles. The van der Waals surface area contributed by atoms with E-state index < -0.39 is 28.1 Å². The number of carbonyl (C=O) groups is 1. The minimum atomic E-state index is -4.16. The van der Waals surface area contributed by atoms with Crippen LogP contribution in [0.3, 0.4) is 0 Å². The molecule has 0 saturated heterocycles. The lowest BCUT2D eigenvalue weighted by molar-refractivity contribution is -0.133. The monoisotopic (exact) mass is 511 g/mol. The van der Waals surface area contributed by atoms with Crippen LogP contribution in [0.15, 0.2) is 83.3 Å². The molecule has 0 amide bonds. The van der Waals surface area contributed by atoms with Crippen molar-refractivity contribution in [2.24, 2.45) is 0 Å². The van der Waals surface area contributed by atoms with Crippen molar-refractivity contribution in [3.05, 3.63) is 105 Å². The Hall–Kier alpha value is -2.58. The topological polar surface area (TPSA) is 74.7 Å². The molecule has 4 rings (SSSR count). The summed E-state index contributed by atoms with van der Waals surface area (Å²) in [6.45, 7) is 1.86. The first-order valence-corrected chi connectivity index (χ1v) is 12.6. The van der Waals surface area contributed by atoms with Crippen molar-refractivity contribution < 1.29 is 18.3 Å². The van der Waals surface area contributed by atoms with E-state index in [1.54, 1.807) is 60.7 Å². The molecule has 2 atom stereocenters. The number of sulfonamides is 1. The van der Waals surface area contributed by atoms with Gasteiger partial charge in [0.05, 0.1) is 32.6 Å². The number of carboxylic acid groups (broad SMARTS) is 1. The smallest absolute Gasteiger partial charge is 0.333 e. The van der Waals surface area contributed by atoms with Crippen LogP contribution in [0.4, 0.5) is 0 Å². The van der Waals surface area contributed by atoms with Crippen molar-refractivity contribution in [3.8, 4) is 0 Å². The lowest BCUT2D eigenvalue weighted by atomic mass is 9.86. The SMILES string of the molecule is [B]c1cccc(C2C(C(=O)O)=CCC(c3ccc(Cl)c(Cl)c3)N2S(=O)(=O)c2ccc(C)cc2)c1. The van der Waals surface area contributed by atoms with Gasteiger partial charge < -0.3 is 5.11 Å². The zero-order valence-corrected chi connectivity index (χ0v) is 20.5. The highest BCUT2D eigenvalue weighted by Crippen LogP contribution is 2.46. The van der Waals surface area contributed by atoms with E-state index in [-0.39, 0.29) is 21.9 Å². The molecule has 0 spiro atoms. The highest BCUT2D eigenvalue weighted by atomic mass is 35.5. The van der Waals surface area contributed by atoms with Crippen molar-refractivity contribution in [3.63, 3.8) is 0 Å². The minimum absolute atomic E-state index is 0.0439. The summed E-state index contributed by atoms with van der Waals surface area (Å²) in [4.78, 5) is 12.3. The lowest BCUT2D eigenvalue weighted by Gasteiger charge is -2.40. The fraction of sp³-hybridized carbons (Fsp3) is 0.160. The van der Waals surface area contributed by atoms with Crippen LogP contribution in [0.5, 0.6) is 0 Å². The molecule has 1 heterocycles. The van der Waals surface area contributed by atoms with Crippen LogP contribution in [-0.2, 0) is 14.8 Å². The van der Waals surface area contributed by atoms with Gasteiger partial charge in [-0.05, 0) is 48.7 Å². The summed E-state index contributed by atoms with van der Waals surface area (Å²) in [6.07, 6.45) is 1.70. The maximum Gasteiger partial charge on any atom is 0.333 e. The Morgan fingerprint density at radius 2 is 1.71 bits per heavy atom. The van der Waals surface area contributed by atoms with E-state index >= 15 is 0 Å². The number of aryl methyl sites for hydroxylation is 1. The van der Waals surface area contributed by atoms with Crippen LogP contribution in [0.1, 0.15) is 35.2 Å². The van der Waals surface area contributed by atoms with Crippen molar-refractivity contribution in [1.82, 2.24) is 4.31 Å². The fourth-order valence-electron chi connectivity index (χ4n) is 4.17. The van der Waals surface area contributed by atoms with Crippen LogP contribution in [0.2, 0.25) is 10.0 Å². The first-order valence-electron chi connectivity index (χ1n) is 10.4. The molecule has 0 aromatic heterocycles. The zero-order valence-electron chi connectivity index (χ0n) is 18.2. The summed E-state index contributed by atoms with van der Waals surface area (Å²) in [5.41, 5.74) is 2.30. The number of halogens is 2. The highest BCUT2D eigenvalue weighted by molar-refractivity contribution is 7.89. The van der Waals surface area contributed by atoms with E-state index in [1.165, 1.54) is 16.4 Å². The van der Waals surface area contributed by atoms with Gasteiger partial charge in [0, 0.05) is 0 Å². The number of benzene rings is 3. The number of carboxylic acids is 1. The molecule has 0 bridgehead atoms. The van der Waals surface area contributed by atoms with E-state index in [0.717, 1.165) is 5.56 Å². The molecule has 3 aromatic carbocycles. The van der Waals surface area contributed by atoms with Crippen molar-refractivity contribution in [1.29, 1.82) is 0 Å². The van der Waals surface area contributed by atoms with Gasteiger partial charge in [-0.25, -0.2) is 13.2 Å². The molecule has 0 saturated carbocycles. The Labute approximate surface area is 210 Å². The van der Waals surface area contributed by atoms with Gasteiger partial charge in [-0.15, -0.1) is 0 Å². The predicted octanol–water partition coefficient (Wildman–Crippen LogP) is 4.98. The molecule has 9 heteroatoms. The van der Waals surface area contributed by atoms with Crippen LogP contribution in [0.25, 0.3) is 0 Å². The van der Waals surface area contributed by atoms with E-state index in [1.807, 2.05) is 6.92 Å². The Kier molecular flexibility index (Phi) is 6.92. The van der Waals surface area contributed by atoms with Gasteiger partial charge in [-0.2, -0.15) is 4.31 Å². The van der Waals surface area contributed by atoms with Gasteiger partial charge in [0.15, 0.2) is 0 Å². The quantitative estimate of drug-likeness (QED) is 0.490. The molecule has 1 aliphatic rings. The van der Waals surface area contributed by atoms with Crippen molar-refractivity contribution in [2.45, 2.75) is 30.3 Å². The summed E-state index contributed by atoms with van der Waals surface area (Å²) in [5, 5.41) is 10.6. The lowest BCUT2D eigenvalue weighted by Crippen LogP contribution is -2.42. The molecule has 3 aromatic rings. The standard InChI is InChI=1S/C25H20BCl2NO4S/c1-15-5-8-19(9-6-15)34(32,33)29-23(16-7-11-21(27)22(28)14-16)12-10-20(25(30)31)24(29)17-3-2-4-18(26)13-17/h2-11,13-14,23-24H,12H2,1H3,(H,30,31). The van der Waals surface area contributed by atoms with Gasteiger partial charge in [0.1, 0.15) is 7.85 Å². The molecule has 0 fully saturated rings. The number of aliphatic carboxylic acids is 1. The van der Waals surface area contributed by atoms with Crippen LogP contribution in [0, 0.1) is 6.92 Å². The molecule has 2 unspecified atom stereocenters. The summed E-state index contributed by atoms with van der Waals surface area (Å²) in [7, 11) is 1.82. The second kappa shape index (κ2) is 9.58. The third-order valence-corrected chi connectivity index (χ3v) is 8.44. The molecule has 172 valence electrons. The summed E-state index contributed by atoms with van der Waals surface area (Å²) in [6, 6.07) is 16.1. The van der Waals surface area contributed by atoms with E-state index in [9.17, 15) is 18.3 Å².